The van der Waals surface area contributed by atoms with Gasteiger partial charge in [-0.3, -0.25) is 15.5 Å². The van der Waals surface area contributed by atoms with Gasteiger partial charge in [0.05, 0.1) is 11.5 Å². The fraction of sp³-hybridized carbons (Fsp3) is 0.273. The Labute approximate surface area is 114 Å². The van der Waals surface area contributed by atoms with Crippen molar-refractivity contribution in [3.63, 3.8) is 0 Å². The lowest BCUT2D eigenvalue weighted by Gasteiger charge is -2.04. The number of carbonyl (C=O) groups excluding carboxylic acids is 1. The molecule has 19 heavy (non-hydrogen) atoms. The number of hydrogen-bond acceptors (Lipinski definition) is 6. The molecular weight excluding hydrogens is 274 g/mol. The molecule has 0 amide bonds. The second-order valence-electron chi connectivity index (χ2n) is 3.51. The maximum absolute atomic E-state index is 11.2. The molecule has 0 bridgehead atoms. The predicted molar refractivity (Wildman–Crippen MR) is 71.4 cm³/mol. The van der Waals surface area contributed by atoms with Crippen LogP contribution in [0, 0.1) is 17.0 Å². The van der Waals surface area contributed by atoms with Crippen molar-refractivity contribution >= 4 is 34.1 Å². The van der Waals surface area contributed by atoms with Crippen LogP contribution in [-0.4, -0.2) is 22.7 Å². The van der Waals surface area contributed by atoms with Crippen LogP contribution in [0.1, 0.15) is 12.5 Å². The molecule has 0 radical (unpaired) electrons. The Balaban J connectivity index is 2.93. The summed E-state index contributed by atoms with van der Waals surface area (Å²) in [4.78, 5) is 21.4. The van der Waals surface area contributed by atoms with E-state index in [1.54, 1.807) is 19.9 Å². The zero-order chi connectivity index (χ0) is 14.4. The highest BCUT2D eigenvalue weighted by atomic mass is 35.5. The van der Waals surface area contributed by atoms with Gasteiger partial charge in [0.15, 0.2) is 0 Å². The average molecular weight is 286 g/mol. The van der Waals surface area contributed by atoms with Gasteiger partial charge in [0.25, 0.3) is 5.69 Å². The minimum atomic E-state index is -0.799. The number of nitro groups is 1. The number of esters is 1. The number of halogens is 1. The number of nitrogens with zero attached hydrogens (tertiary/aromatic N) is 2. The van der Waals surface area contributed by atoms with E-state index in [4.69, 9.17) is 11.6 Å². The standard InChI is InChI=1S/C11H12ClN3O4/c1-3-19-11(16)10(12)14-13-8-6-7(2)4-5-9(8)15(17)18/h4-6,13H,3H2,1-2H3/b14-10+. The molecule has 0 aliphatic carbocycles. The SMILES string of the molecule is CCOC(=O)/C(Cl)=N\Nc1cc(C)ccc1[N+](=O)[O-]. The van der Waals surface area contributed by atoms with E-state index in [1.165, 1.54) is 12.1 Å². The van der Waals surface area contributed by atoms with Crippen LogP contribution in [-0.2, 0) is 9.53 Å². The summed E-state index contributed by atoms with van der Waals surface area (Å²) in [7, 11) is 0. The van der Waals surface area contributed by atoms with Crippen LogP contribution in [0.25, 0.3) is 0 Å². The fourth-order valence-electron chi connectivity index (χ4n) is 1.24. The Morgan fingerprint density at radius 3 is 2.84 bits per heavy atom. The monoisotopic (exact) mass is 285 g/mol. The van der Waals surface area contributed by atoms with E-state index in [0.29, 0.717) is 0 Å². The molecular formula is C11H12ClN3O4. The van der Waals surface area contributed by atoms with Crippen molar-refractivity contribution < 1.29 is 14.5 Å². The summed E-state index contributed by atoms with van der Waals surface area (Å²) in [6, 6.07) is 4.46. The van der Waals surface area contributed by atoms with Crippen molar-refractivity contribution in [2.45, 2.75) is 13.8 Å². The number of aryl methyl sites for hydroxylation is 1. The molecule has 0 heterocycles. The maximum atomic E-state index is 11.2. The van der Waals surface area contributed by atoms with E-state index < -0.39 is 16.1 Å². The van der Waals surface area contributed by atoms with Gasteiger partial charge in [-0.2, -0.15) is 5.10 Å². The summed E-state index contributed by atoms with van der Waals surface area (Å²) >= 11 is 5.57. The molecule has 0 aliphatic heterocycles. The van der Waals surface area contributed by atoms with E-state index in [-0.39, 0.29) is 18.0 Å². The Morgan fingerprint density at radius 1 is 1.58 bits per heavy atom. The van der Waals surface area contributed by atoms with E-state index in [1.807, 2.05) is 0 Å². The largest absolute Gasteiger partial charge is 0.461 e. The van der Waals surface area contributed by atoms with E-state index >= 15 is 0 Å². The highest BCUT2D eigenvalue weighted by Crippen LogP contribution is 2.25. The summed E-state index contributed by atoms with van der Waals surface area (Å²) in [6.07, 6.45) is 0. The predicted octanol–water partition coefficient (Wildman–Crippen LogP) is 2.43. The van der Waals surface area contributed by atoms with Crippen LogP contribution in [0.15, 0.2) is 23.3 Å². The highest BCUT2D eigenvalue weighted by molar-refractivity contribution is 6.82. The summed E-state index contributed by atoms with van der Waals surface area (Å²) < 4.78 is 4.62. The molecule has 102 valence electrons. The van der Waals surface area contributed by atoms with E-state index in [0.717, 1.165) is 5.56 Å². The molecule has 0 unspecified atom stereocenters. The number of nitro benzene ring substituents is 1. The molecule has 0 spiro atoms. The van der Waals surface area contributed by atoms with Crippen molar-refractivity contribution in [2.75, 3.05) is 12.0 Å². The Kier molecular flexibility index (Phi) is 5.25. The smallest absolute Gasteiger partial charge is 0.370 e. The molecule has 0 aliphatic rings. The fourth-order valence-corrected chi connectivity index (χ4v) is 1.34. The summed E-state index contributed by atoms with van der Waals surface area (Å²) in [5.41, 5.74) is 3.17. The van der Waals surface area contributed by atoms with Gasteiger partial charge in [0.2, 0.25) is 5.17 Å². The molecule has 1 aromatic carbocycles. The minimum absolute atomic E-state index is 0.146. The Hall–Kier alpha value is -2.15. The zero-order valence-corrected chi connectivity index (χ0v) is 11.1. The number of ether oxygens (including phenoxy) is 1. The van der Waals surface area contributed by atoms with Gasteiger partial charge >= 0.3 is 5.97 Å². The van der Waals surface area contributed by atoms with E-state index in [2.05, 4.69) is 15.3 Å². The van der Waals surface area contributed by atoms with Crippen molar-refractivity contribution in [2.24, 2.45) is 5.10 Å². The number of hydrogen-bond donors (Lipinski definition) is 1. The minimum Gasteiger partial charge on any atom is -0.461 e. The van der Waals surface area contributed by atoms with Crippen LogP contribution in [0.5, 0.6) is 0 Å². The molecule has 8 heteroatoms. The van der Waals surface area contributed by atoms with Gasteiger partial charge in [0, 0.05) is 6.07 Å². The first-order valence-electron chi connectivity index (χ1n) is 5.37. The third-order valence-corrected chi connectivity index (χ3v) is 2.31. The quantitative estimate of drug-likeness (QED) is 0.388. The molecule has 1 rings (SSSR count). The second kappa shape index (κ2) is 6.69. The Morgan fingerprint density at radius 2 is 2.26 bits per heavy atom. The first kappa shape index (κ1) is 14.9. The highest BCUT2D eigenvalue weighted by Gasteiger charge is 2.14. The maximum Gasteiger partial charge on any atom is 0.370 e. The van der Waals surface area contributed by atoms with Crippen molar-refractivity contribution in [3.8, 4) is 0 Å². The lowest BCUT2D eigenvalue weighted by atomic mass is 10.2. The molecule has 1 aromatic rings. The first-order chi connectivity index (χ1) is 8.95. The normalized spacial score (nSPS) is 11.0. The van der Waals surface area contributed by atoms with Crippen LogP contribution >= 0.6 is 11.6 Å². The third kappa shape index (κ3) is 4.22. The van der Waals surface area contributed by atoms with Crippen molar-refractivity contribution in [1.82, 2.24) is 0 Å². The summed E-state index contributed by atoms with van der Waals surface area (Å²) in [6.45, 7) is 3.56. The molecule has 0 aromatic heterocycles. The zero-order valence-electron chi connectivity index (χ0n) is 10.3. The number of hydrazone groups is 1. The van der Waals surface area contributed by atoms with Crippen molar-refractivity contribution in [3.05, 3.63) is 33.9 Å². The molecule has 0 atom stereocenters. The van der Waals surface area contributed by atoms with Gasteiger partial charge in [-0.05, 0) is 25.5 Å². The van der Waals surface area contributed by atoms with Gasteiger partial charge in [-0.25, -0.2) is 4.79 Å². The topological polar surface area (TPSA) is 93.8 Å². The molecule has 1 N–H and O–H groups in total. The van der Waals surface area contributed by atoms with Gasteiger partial charge in [0.1, 0.15) is 5.69 Å². The van der Waals surface area contributed by atoms with Crippen LogP contribution < -0.4 is 5.43 Å². The number of anilines is 1. The van der Waals surface area contributed by atoms with Crippen LogP contribution in [0.4, 0.5) is 11.4 Å². The molecule has 0 saturated heterocycles. The lowest BCUT2D eigenvalue weighted by molar-refractivity contribution is -0.384. The van der Waals surface area contributed by atoms with Crippen molar-refractivity contribution in [1.29, 1.82) is 0 Å². The first-order valence-corrected chi connectivity index (χ1v) is 5.74. The Bertz CT molecular complexity index is 531. The van der Waals surface area contributed by atoms with Gasteiger partial charge < -0.3 is 4.74 Å². The average Bonchev–Trinajstić information content (AvgIpc) is 2.35. The second-order valence-corrected chi connectivity index (χ2v) is 3.87. The summed E-state index contributed by atoms with van der Waals surface area (Å²) in [5.74, 6) is -0.799. The number of rotatable bonds is 5. The van der Waals surface area contributed by atoms with Crippen LogP contribution in [0.2, 0.25) is 0 Å². The van der Waals surface area contributed by atoms with Gasteiger partial charge in [-0.1, -0.05) is 17.7 Å². The van der Waals surface area contributed by atoms with E-state index in [9.17, 15) is 14.9 Å². The number of nitrogens with one attached hydrogen (secondary N) is 1. The summed E-state index contributed by atoms with van der Waals surface area (Å²) in [5, 5.41) is 13.9. The van der Waals surface area contributed by atoms with Crippen LogP contribution in [0.3, 0.4) is 0 Å². The molecule has 0 saturated carbocycles. The molecule has 0 fully saturated rings. The number of benzene rings is 1. The molecule has 7 nitrogen and oxygen atoms in total. The lowest BCUT2D eigenvalue weighted by Crippen LogP contribution is -2.13. The van der Waals surface area contributed by atoms with Gasteiger partial charge in [-0.15, -0.1) is 0 Å². The number of carbonyl (C=O) groups is 1. The third-order valence-electron chi connectivity index (χ3n) is 2.07.